The quantitative estimate of drug-likeness (QED) is 0.247. The van der Waals surface area contributed by atoms with Gasteiger partial charge in [-0.05, 0) is 24.3 Å². The normalized spacial score (nSPS) is 10.1. The minimum atomic E-state index is -0.684. The molecule has 6 nitrogen and oxygen atoms in total. The van der Waals surface area contributed by atoms with Gasteiger partial charge in [-0.25, -0.2) is 10.9 Å². The third-order valence-corrected chi connectivity index (χ3v) is 2.82. The highest BCUT2D eigenvalue weighted by Gasteiger charge is 2.23. The number of hydrazine groups is 1. The molecule has 0 saturated carbocycles. The molecule has 0 saturated heterocycles. The first-order valence-corrected chi connectivity index (χ1v) is 5.85. The molecule has 20 heavy (non-hydrogen) atoms. The second-order valence-electron chi connectivity index (χ2n) is 4.15. The minimum absolute atomic E-state index is 0.165. The molecule has 6 heteroatoms. The lowest BCUT2D eigenvalue weighted by molar-refractivity contribution is 0.0617. The Hall–Kier alpha value is -2.86. The fraction of sp³-hybridized carbons (Fsp3) is 0. The van der Waals surface area contributed by atoms with E-state index in [1.54, 1.807) is 36.4 Å². The van der Waals surface area contributed by atoms with Crippen LogP contribution in [0, 0.1) is 0 Å². The van der Waals surface area contributed by atoms with E-state index in [1.165, 1.54) is 12.1 Å². The molecule has 6 N–H and O–H groups in total. The van der Waals surface area contributed by atoms with E-state index in [2.05, 4.69) is 0 Å². The van der Waals surface area contributed by atoms with E-state index in [-0.39, 0.29) is 22.5 Å². The van der Waals surface area contributed by atoms with E-state index in [4.69, 9.17) is 17.3 Å². The molecule has 0 aliphatic rings. The highest BCUT2D eigenvalue weighted by molar-refractivity contribution is 6.13. The first kappa shape index (κ1) is 13.6. The Kier molecular flexibility index (Phi) is 3.67. The Balaban J connectivity index is 2.30. The maximum atomic E-state index is 12.2. The lowest BCUT2D eigenvalue weighted by atomic mass is 10.1. The van der Waals surface area contributed by atoms with Gasteiger partial charge in [0.15, 0.2) is 0 Å². The van der Waals surface area contributed by atoms with E-state index >= 15 is 0 Å². The van der Waals surface area contributed by atoms with E-state index in [9.17, 15) is 9.59 Å². The van der Waals surface area contributed by atoms with Gasteiger partial charge >= 0.3 is 0 Å². The maximum absolute atomic E-state index is 12.2. The van der Waals surface area contributed by atoms with Crippen LogP contribution in [0.5, 0.6) is 0 Å². The Morgan fingerprint density at radius 3 is 1.45 bits per heavy atom. The van der Waals surface area contributed by atoms with E-state index in [1.807, 2.05) is 0 Å². The Morgan fingerprint density at radius 1 is 0.750 bits per heavy atom. The summed E-state index contributed by atoms with van der Waals surface area (Å²) in [5.41, 5.74) is 12.2. The van der Waals surface area contributed by atoms with Crippen LogP contribution in [0.4, 0.5) is 11.4 Å². The van der Waals surface area contributed by atoms with Crippen molar-refractivity contribution < 1.29 is 9.59 Å². The zero-order chi connectivity index (χ0) is 14.7. The van der Waals surface area contributed by atoms with Crippen LogP contribution < -0.4 is 17.3 Å². The molecular formula is C14H14N4O2. The van der Waals surface area contributed by atoms with Gasteiger partial charge in [-0.2, -0.15) is 0 Å². The van der Waals surface area contributed by atoms with Crippen LogP contribution in [-0.4, -0.2) is 16.8 Å². The lowest BCUT2D eigenvalue weighted by Crippen LogP contribution is -2.43. The second kappa shape index (κ2) is 5.41. The van der Waals surface area contributed by atoms with Crippen LogP contribution in [0.15, 0.2) is 48.5 Å². The molecule has 2 aromatic rings. The maximum Gasteiger partial charge on any atom is 0.277 e. The highest BCUT2D eigenvalue weighted by Crippen LogP contribution is 2.16. The highest BCUT2D eigenvalue weighted by atomic mass is 16.2. The number of benzene rings is 2. The molecule has 0 radical (unpaired) electrons. The van der Waals surface area contributed by atoms with Crippen LogP contribution in [0.1, 0.15) is 20.7 Å². The Labute approximate surface area is 115 Å². The predicted molar refractivity (Wildman–Crippen MR) is 76.4 cm³/mol. The number of para-hydroxylation sites is 2. The smallest absolute Gasteiger partial charge is 0.277 e. The van der Waals surface area contributed by atoms with Crippen molar-refractivity contribution in [1.29, 1.82) is 0 Å². The average Bonchev–Trinajstić information content (AvgIpc) is 2.46. The number of nitrogens with zero attached hydrogens (tertiary/aromatic N) is 1. The summed E-state index contributed by atoms with van der Waals surface area (Å²) in [6.07, 6.45) is 0. The standard InChI is InChI=1S/C14H14N4O2/c15-11-7-3-1-5-9(11)13(19)18(17)14(20)10-6-2-4-8-12(10)16/h1-8H,15-17H2. The van der Waals surface area contributed by atoms with Gasteiger partial charge in [0.05, 0.1) is 11.1 Å². The number of rotatable bonds is 2. The second-order valence-corrected chi connectivity index (χ2v) is 4.15. The summed E-state index contributed by atoms with van der Waals surface area (Å²) in [6.45, 7) is 0. The largest absolute Gasteiger partial charge is 0.398 e. The fourth-order valence-electron chi connectivity index (χ4n) is 1.74. The van der Waals surface area contributed by atoms with Gasteiger partial charge in [-0.15, -0.1) is 0 Å². The van der Waals surface area contributed by atoms with Gasteiger partial charge in [-0.3, -0.25) is 9.59 Å². The first-order valence-electron chi connectivity index (χ1n) is 5.85. The van der Waals surface area contributed by atoms with Gasteiger partial charge in [0.2, 0.25) is 0 Å². The summed E-state index contributed by atoms with van der Waals surface area (Å²) in [6, 6.07) is 12.8. The van der Waals surface area contributed by atoms with Crippen LogP contribution in [0.2, 0.25) is 0 Å². The topological polar surface area (TPSA) is 115 Å². The molecule has 2 amide bonds. The van der Waals surface area contributed by atoms with Gasteiger partial charge in [0.1, 0.15) is 0 Å². The van der Waals surface area contributed by atoms with Crippen molar-refractivity contribution in [3.05, 3.63) is 59.7 Å². The fourth-order valence-corrected chi connectivity index (χ4v) is 1.74. The molecule has 102 valence electrons. The molecule has 0 aliphatic heterocycles. The summed E-state index contributed by atoms with van der Waals surface area (Å²) >= 11 is 0. The number of carbonyl (C=O) groups is 2. The number of imide groups is 1. The van der Waals surface area contributed by atoms with Crippen LogP contribution in [0.25, 0.3) is 0 Å². The molecule has 0 atom stereocenters. The number of hydrogen-bond donors (Lipinski definition) is 3. The lowest BCUT2D eigenvalue weighted by Gasteiger charge is -2.16. The summed E-state index contributed by atoms with van der Waals surface area (Å²) in [5.74, 6) is 4.22. The summed E-state index contributed by atoms with van der Waals surface area (Å²) in [7, 11) is 0. The zero-order valence-electron chi connectivity index (χ0n) is 10.6. The van der Waals surface area contributed by atoms with Gasteiger partial charge in [0.25, 0.3) is 11.8 Å². The van der Waals surface area contributed by atoms with Crippen molar-refractivity contribution in [3.63, 3.8) is 0 Å². The zero-order valence-corrected chi connectivity index (χ0v) is 10.6. The predicted octanol–water partition coefficient (Wildman–Crippen LogP) is 1.01. The SMILES string of the molecule is Nc1ccccc1C(=O)N(N)C(=O)c1ccccc1N. The van der Waals surface area contributed by atoms with Gasteiger partial charge in [0, 0.05) is 11.4 Å². The van der Waals surface area contributed by atoms with E-state index < -0.39 is 11.8 Å². The number of amides is 2. The molecule has 0 unspecified atom stereocenters. The molecule has 0 spiro atoms. The molecule has 2 rings (SSSR count). The van der Waals surface area contributed by atoms with Gasteiger partial charge < -0.3 is 11.5 Å². The molecule has 0 heterocycles. The number of anilines is 2. The summed E-state index contributed by atoms with van der Waals surface area (Å²) in [5, 5.41) is 0.511. The minimum Gasteiger partial charge on any atom is -0.398 e. The summed E-state index contributed by atoms with van der Waals surface area (Å²) < 4.78 is 0. The van der Waals surface area contributed by atoms with Crippen molar-refractivity contribution in [2.75, 3.05) is 11.5 Å². The van der Waals surface area contributed by atoms with Crippen molar-refractivity contribution in [2.45, 2.75) is 0 Å². The van der Waals surface area contributed by atoms with Crippen molar-refractivity contribution in [2.24, 2.45) is 5.84 Å². The number of carbonyl (C=O) groups excluding carboxylic acids is 2. The number of nitrogens with two attached hydrogens (primary N) is 3. The molecular weight excluding hydrogens is 256 g/mol. The average molecular weight is 270 g/mol. The number of hydrogen-bond acceptors (Lipinski definition) is 5. The first-order chi connectivity index (χ1) is 9.52. The van der Waals surface area contributed by atoms with Crippen LogP contribution in [0.3, 0.4) is 0 Å². The molecule has 0 aliphatic carbocycles. The summed E-state index contributed by atoms with van der Waals surface area (Å²) in [4.78, 5) is 24.3. The Morgan fingerprint density at radius 2 is 1.10 bits per heavy atom. The Bertz CT molecular complexity index is 612. The third-order valence-electron chi connectivity index (χ3n) is 2.82. The van der Waals surface area contributed by atoms with Crippen LogP contribution in [-0.2, 0) is 0 Å². The number of nitrogen functional groups attached to an aromatic ring is 2. The third kappa shape index (κ3) is 2.45. The molecule has 2 aromatic carbocycles. The molecule has 0 bridgehead atoms. The van der Waals surface area contributed by atoms with Crippen molar-refractivity contribution in [1.82, 2.24) is 5.01 Å². The monoisotopic (exact) mass is 270 g/mol. The van der Waals surface area contributed by atoms with E-state index in [0.29, 0.717) is 5.01 Å². The van der Waals surface area contributed by atoms with Crippen molar-refractivity contribution in [3.8, 4) is 0 Å². The van der Waals surface area contributed by atoms with Crippen molar-refractivity contribution >= 4 is 23.2 Å². The van der Waals surface area contributed by atoms with E-state index in [0.717, 1.165) is 0 Å². The van der Waals surface area contributed by atoms with Gasteiger partial charge in [-0.1, -0.05) is 24.3 Å². The van der Waals surface area contributed by atoms with Crippen LogP contribution >= 0.6 is 0 Å². The molecule has 0 aromatic heterocycles. The molecule has 0 fully saturated rings.